The number of rotatable bonds is 5. The fraction of sp³-hybridized carbons (Fsp3) is 0.889. The zero-order valence-electron chi connectivity index (χ0n) is 9.41. The molecule has 4 nitrogen and oxygen atoms in total. The summed E-state index contributed by atoms with van der Waals surface area (Å²) in [6, 6.07) is 0. The minimum Gasteiger partial charge on any atom is -0.444 e. The van der Waals surface area contributed by atoms with E-state index in [1.165, 1.54) is 11.8 Å². The lowest BCUT2D eigenvalue weighted by Crippen LogP contribution is -2.38. The van der Waals surface area contributed by atoms with Gasteiger partial charge in [-0.15, -0.1) is 11.8 Å². The summed E-state index contributed by atoms with van der Waals surface area (Å²) >= 11 is 6.45. The van der Waals surface area contributed by atoms with Crippen LogP contribution in [0.2, 0.25) is 0 Å². The maximum absolute atomic E-state index is 11.4. The van der Waals surface area contributed by atoms with Crippen LogP contribution in [0.1, 0.15) is 20.8 Å². The summed E-state index contributed by atoms with van der Waals surface area (Å²) in [4.78, 5) is 11.4. The van der Waals surface area contributed by atoms with Gasteiger partial charge in [-0.25, -0.2) is 4.79 Å². The third-order valence-corrected chi connectivity index (χ3v) is 2.97. The van der Waals surface area contributed by atoms with Gasteiger partial charge < -0.3 is 15.8 Å². The number of alkyl carbamates (subject to hydrolysis) is 1. The molecular formula is C9H19N2O2S2. The first-order chi connectivity index (χ1) is 6.89. The first-order valence-corrected chi connectivity index (χ1v) is 6.41. The zero-order chi connectivity index (χ0) is 11.9. The van der Waals surface area contributed by atoms with Gasteiger partial charge >= 0.3 is 6.09 Å². The summed E-state index contributed by atoms with van der Waals surface area (Å²) in [7, 11) is 0. The van der Waals surface area contributed by atoms with E-state index >= 15 is 0 Å². The number of carbonyl (C=O) groups excluding carboxylic acids is 1. The van der Waals surface area contributed by atoms with E-state index in [4.69, 9.17) is 23.1 Å². The normalized spacial score (nSPS) is 13.4. The Balaban J connectivity index is 3.91. The zero-order valence-corrected chi connectivity index (χ0v) is 11.0. The van der Waals surface area contributed by atoms with Gasteiger partial charge in [0.05, 0.1) is 5.37 Å². The number of thioether (sulfide) groups is 1. The number of hydrogen-bond acceptors (Lipinski definition) is 4. The topological polar surface area (TPSA) is 64.3 Å². The number of amides is 1. The Kier molecular flexibility index (Phi) is 7.21. The molecule has 0 aliphatic rings. The Hall–Kier alpha value is -0.0700. The predicted molar refractivity (Wildman–Crippen MR) is 67.1 cm³/mol. The van der Waals surface area contributed by atoms with Crippen molar-refractivity contribution in [2.24, 2.45) is 5.73 Å². The Bertz CT molecular complexity index is 195. The van der Waals surface area contributed by atoms with E-state index in [0.29, 0.717) is 12.3 Å². The second-order valence-corrected chi connectivity index (χ2v) is 5.60. The van der Waals surface area contributed by atoms with Crippen molar-refractivity contribution < 1.29 is 9.53 Å². The van der Waals surface area contributed by atoms with Crippen molar-refractivity contribution in [1.29, 1.82) is 0 Å². The quantitative estimate of drug-likeness (QED) is 0.730. The maximum Gasteiger partial charge on any atom is 0.408 e. The Labute approximate surface area is 101 Å². The summed E-state index contributed by atoms with van der Waals surface area (Å²) < 4.78 is 5.11. The number of ether oxygens (including phenoxy) is 1. The highest BCUT2D eigenvalue weighted by Gasteiger charge is 2.18. The second kappa shape index (κ2) is 7.24. The third kappa shape index (κ3) is 8.89. The summed E-state index contributed by atoms with van der Waals surface area (Å²) in [6.07, 6.45) is -0.429. The van der Waals surface area contributed by atoms with Crippen molar-refractivity contribution in [2.75, 3.05) is 18.1 Å². The summed E-state index contributed by atoms with van der Waals surface area (Å²) in [5, 5.41) is 2.60. The lowest BCUT2D eigenvalue weighted by atomic mass is 10.2. The van der Waals surface area contributed by atoms with E-state index in [9.17, 15) is 4.79 Å². The molecule has 89 valence electrons. The monoisotopic (exact) mass is 251 g/mol. The molecule has 6 heteroatoms. The van der Waals surface area contributed by atoms with Crippen LogP contribution in [0.5, 0.6) is 0 Å². The molecule has 0 saturated heterocycles. The van der Waals surface area contributed by atoms with Crippen LogP contribution in [0.4, 0.5) is 4.79 Å². The summed E-state index contributed by atoms with van der Waals surface area (Å²) in [5.74, 6) is 1.22. The van der Waals surface area contributed by atoms with Crippen LogP contribution < -0.4 is 11.1 Å². The standard InChI is InChI=1S/C9H19N2O2S2/c1-9(2,3)13-8(12)11-7(6-14)15-5-4-10/h7H,4-6,10H2,1-3H3,(H,11,12). The van der Waals surface area contributed by atoms with Crippen LogP contribution in [-0.2, 0) is 4.74 Å². The molecule has 0 aromatic rings. The fourth-order valence-electron chi connectivity index (χ4n) is 0.781. The Morgan fingerprint density at radius 2 is 2.20 bits per heavy atom. The van der Waals surface area contributed by atoms with E-state index in [1.54, 1.807) is 0 Å². The predicted octanol–water partition coefficient (Wildman–Crippen LogP) is 1.73. The molecule has 0 aliphatic carbocycles. The fourth-order valence-corrected chi connectivity index (χ4v) is 1.85. The molecule has 0 heterocycles. The summed E-state index contributed by atoms with van der Waals surface area (Å²) in [5.41, 5.74) is 4.89. The molecule has 1 unspecified atom stereocenters. The Morgan fingerprint density at radius 1 is 1.60 bits per heavy atom. The molecule has 0 aromatic carbocycles. The average molecular weight is 251 g/mol. The molecule has 0 saturated carbocycles. The molecule has 1 atom stereocenters. The van der Waals surface area contributed by atoms with Gasteiger partial charge in [-0.05, 0) is 20.8 Å². The van der Waals surface area contributed by atoms with E-state index < -0.39 is 11.7 Å². The van der Waals surface area contributed by atoms with Crippen LogP contribution >= 0.6 is 24.4 Å². The van der Waals surface area contributed by atoms with Crippen LogP contribution in [0, 0.1) is 0 Å². The van der Waals surface area contributed by atoms with Crippen LogP contribution in [-0.4, -0.2) is 35.1 Å². The van der Waals surface area contributed by atoms with Crippen molar-refractivity contribution >= 4 is 30.5 Å². The molecule has 3 N–H and O–H groups in total. The van der Waals surface area contributed by atoms with E-state index in [2.05, 4.69) is 5.32 Å². The van der Waals surface area contributed by atoms with E-state index in [-0.39, 0.29) is 5.37 Å². The molecule has 0 spiro atoms. The lowest BCUT2D eigenvalue weighted by molar-refractivity contribution is 0.0525. The number of carbonyl (C=O) groups is 1. The molecule has 0 aliphatic heterocycles. The molecule has 0 fully saturated rings. The SMILES string of the molecule is CC(C)(C)OC(=O)NC(C[S])SCCN. The maximum atomic E-state index is 11.4. The minimum absolute atomic E-state index is 0.0987. The van der Waals surface area contributed by atoms with Gasteiger partial charge in [-0.3, -0.25) is 0 Å². The molecule has 1 radical (unpaired) electrons. The Morgan fingerprint density at radius 3 is 2.60 bits per heavy atom. The van der Waals surface area contributed by atoms with Gasteiger partial charge in [-0.1, -0.05) is 12.6 Å². The second-order valence-electron chi connectivity index (χ2n) is 3.96. The van der Waals surface area contributed by atoms with Gasteiger partial charge in [0.25, 0.3) is 0 Å². The highest BCUT2D eigenvalue weighted by molar-refractivity contribution is 8.00. The van der Waals surface area contributed by atoms with Gasteiger partial charge in [0, 0.05) is 18.1 Å². The van der Waals surface area contributed by atoms with Crippen molar-refractivity contribution in [3.8, 4) is 0 Å². The van der Waals surface area contributed by atoms with Gasteiger partial charge in [-0.2, -0.15) is 0 Å². The van der Waals surface area contributed by atoms with Crippen molar-refractivity contribution in [3.05, 3.63) is 0 Å². The smallest absolute Gasteiger partial charge is 0.408 e. The highest BCUT2D eigenvalue weighted by Crippen LogP contribution is 2.11. The van der Waals surface area contributed by atoms with Crippen LogP contribution in [0.15, 0.2) is 0 Å². The molecule has 0 rings (SSSR count). The van der Waals surface area contributed by atoms with Gasteiger partial charge in [0.15, 0.2) is 0 Å². The van der Waals surface area contributed by atoms with Crippen molar-refractivity contribution in [3.63, 3.8) is 0 Å². The van der Waals surface area contributed by atoms with Crippen LogP contribution in [0.25, 0.3) is 0 Å². The first kappa shape index (κ1) is 14.9. The molecule has 0 bridgehead atoms. The lowest BCUT2D eigenvalue weighted by Gasteiger charge is -2.22. The summed E-state index contributed by atoms with van der Waals surface area (Å²) in [6.45, 7) is 6.04. The number of nitrogens with two attached hydrogens (primary N) is 1. The minimum atomic E-state index is -0.478. The van der Waals surface area contributed by atoms with E-state index in [1.807, 2.05) is 20.8 Å². The van der Waals surface area contributed by atoms with Crippen LogP contribution in [0.3, 0.4) is 0 Å². The van der Waals surface area contributed by atoms with Gasteiger partial charge in [0.1, 0.15) is 5.60 Å². The third-order valence-electron chi connectivity index (χ3n) is 1.27. The highest BCUT2D eigenvalue weighted by atomic mass is 32.2. The van der Waals surface area contributed by atoms with Gasteiger partial charge in [0.2, 0.25) is 0 Å². The molecule has 15 heavy (non-hydrogen) atoms. The number of nitrogens with one attached hydrogen (secondary N) is 1. The molecule has 1 amide bonds. The van der Waals surface area contributed by atoms with Crippen molar-refractivity contribution in [1.82, 2.24) is 5.32 Å². The van der Waals surface area contributed by atoms with Crippen molar-refractivity contribution in [2.45, 2.75) is 31.7 Å². The number of hydrogen-bond donors (Lipinski definition) is 2. The molecule has 0 aromatic heterocycles. The average Bonchev–Trinajstić information content (AvgIpc) is 2.09. The van der Waals surface area contributed by atoms with E-state index in [0.717, 1.165) is 5.75 Å². The largest absolute Gasteiger partial charge is 0.444 e. The first-order valence-electron chi connectivity index (χ1n) is 4.78. The molecular weight excluding hydrogens is 232 g/mol.